The van der Waals surface area contributed by atoms with Crippen molar-refractivity contribution in [1.29, 1.82) is 0 Å². The minimum absolute atomic E-state index is 0.0423. The monoisotopic (exact) mass is 379 g/mol. The van der Waals surface area contributed by atoms with Gasteiger partial charge in [0.05, 0.1) is 42.6 Å². The van der Waals surface area contributed by atoms with E-state index in [1.807, 2.05) is 35.1 Å². The molecule has 1 aliphatic rings. The summed E-state index contributed by atoms with van der Waals surface area (Å²) in [5, 5.41) is 7.82. The third-order valence-corrected chi connectivity index (χ3v) is 5.41. The highest BCUT2D eigenvalue weighted by Gasteiger charge is 2.36. The fourth-order valence-corrected chi connectivity index (χ4v) is 3.97. The standard InChI is InChI=1S/C22H25N3O3/c1-14-17(9-10-28-14)21(26)24-19-11-22(2,3)12-20-18(19)13-23-25(20)15-5-7-16(27-4)8-6-15/h5-10,13,19H,11-12H2,1-4H3,(H,24,26)/t19-/m1/s1. The molecular formula is C22H25N3O3. The molecule has 0 unspecified atom stereocenters. The molecule has 0 saturated heterocycles. The summed E-state index contributed by atoms with van der Waals surface area (Å²) in [4.78, 5) is 12.8. The molecule has 3 aromatic rings. The Morgan fingerprint density at radius 1 is 1.29 bits per heavy atom. The highest BCUT2D eigenvalue weighted by atomic mass is 16.5. The molecule has 6 nitrogen and oxygen atoms in total. The van der Waals surface area contributed by atoms with Gasteiger partial charge < -0.3 is 14.5 Å². The first kappa shape index (κ1) is 18.3. The number of methoxy groups -OCH3 is 1. The lowest BCUT2D eigenvalue weighted by Gasteiger charge is -2.36. The van der Waals surface area contributed by atoms with Gasteiger partial charge in [0.1, 0.15) is 11.5 Å². The molecule has 2 aromatic heterocycles. The summed E-state index contributed by atoms with van der Waals surface area (Å²) in [6.45, 7) is 6.25. The molecule has 4 rings (SSSR count). The number of benzene rings is 1. The SMILES string of the molecule is COc1ccc(-n2ncc3c2CC(C)(C)C[C@H]3NC(=O)c2ccoc2C)cc1. The fraction of sp³-hybridized carbons (Fsp3) is 0.364. The number of hydrogen-bond donors (Lipinski definition) is 1. The van der Waals surface area contributed by atoms with Gasteiger partial charge in [0.25, 0.3) is 5.91 Å². The summed E-state index contributed by atoms with van der Waals surface area (Å²) in [6.07, 6.45) is 5.17. The van der Waals surface area contributed by atoms with E-state index in [1.165, 1.54) is 0 Å². The highest BCUT2D eigenvalue weighted by Crippen LogP contribution is 2.41. The molecule has 1 amide bonds. The molecule has 0 aliphatic heterocycles. The number of amides is 1. The van der Waals surface area contributed by atoms with Crippen molar-refractivity contribution in [2.75, 3.05) is 7.11 Å². The molecule has 28 heavy (non-hydrogen) atoms. The van der Waals surface area contributed by atoms with E-state index in [1.54, 1.807) is 26.4 Å². The van der Waals surface area contributed by atoms with Crippen molar-refractivity contribution in [3.05, 3.63) is 65.4 Å². The average Bonchev–Trinajstić information content (AvgIpc) is 3.27. The van der Waals surface area contributed by atoms with Crippen LogP contribution < -0.4 is 10.1 Å². The number of aromatic nitrogens is 2. The van der Waals surface area contributed by atoms with Crippen LogP contribution in [0.3, 0.4) is 0 Å². The molecule has 6 heteroatoms. The number of furan rings is 1. The second-order valence-corrected chi connectivity index (χ2v) is 8.12. The number of nitrogens with zero attached hydrogens (tertiary/aromatic N) is 2. The lowest BCUT2D eigenvalue weighted by atomic mass is 9.74. The topological polar surface area (TPSA) is 69.3 Å². The number of nitrogens with one attached hydrogen (secondary N) is 1. The molecule has 1 atom stereocenters. The maximum Gasteiger partial charge on any atom is 0.255 e. The third kappa shape index (κ3) is 3.30. The van der Waals surface area contributed by atoms with Crippen molar-refractivity contribution in [3.8, 4) is 11.4 Å². The Labute approximate surface area is 164 Å². The molecule has 0 spiro atoms. The second kappa shape index (κ2) is 6.86. The van der Waals surface area contributed by atoms with Gasteiger partial charge in [-0.2, -0.15) is 5.10 Å². The van der Waals surface area contributed by atoms with Crippen LogP contribution in [0, 0.1) is 12.3 Å². The molecule has 0 fully saturated rings. The van der Waals surface area contributed by atoms with Gasteiger partial charge >= 0.3 is 0 Å². The number of carbonyl (C=O) groups excluding carboxylic acids is 1. The molecule has 0 bridgehead atoms. The first-order chi connectivity index (χ1) is 13.4. The molecule has 0 radical (unpaired) electrons. The number of ether oxygens (including phenoxy) is 1. The van der Waals surface area contributed by atoms with Gasteiger partial charge in [-0.1, -0.05) is 13.8 Å². The van der Waals surface area contributed by atoms with Crippen molar-refractivity contribution in [3.63, 3.8) is 0 Å². The molecule has 1 N–H and O–H groups in total. The molecule has 2 heterocycles. The van der Waals surface area contributed by atoms with Crippen LogP contribution in [-0.2, 0) is 6.42 Å². The average molecular weight is 379 g/mol. The minimum atomic E-state index is -0.114. The Morgan fingerprint density at radius 3 is 2.68 bits per heavy atom. The number of carbonyl (C=O) groups is 1. The Kier molecular flexibility index (Phi) is 4.49. The molecule has 1 aromatic carbocycles. The van der Waals surface area contributed by atoms with Crippen molar-refractivity contribution in [1.82, 2.24) is 15.1 Å². The maximum absolute atomic E-state index is 12.8. The smallest absolute Gasteiger partial charge is 0.255 e. The van der Waals surface area contributed by atoms with Crippen LogP contribution in [0.25, 0.3) is 5.69 Å². The van der Waals surface area contributed by atoms with Crippen LogP contribution in [0.15, 0.2) is 47.2 Å². The molecular weight excluding hydrogens is 354 g/mol. The van der Waals surface area contributed by atoms with Crippen LogP contribution in [0.1, 0.15) is 53.7 Å². The predicted molar refractivity (Wildman–Crippen MR) is 106 cm³/mol. The van der Waals surface area contributed by atoms with E-state index < -0.39 is 0 Å². The van der Waals surface area contributed by atoms with Gasteiger partial charge in [0, 0.05) is 5.56 Å². The second-order valence-electron chi connectivity index (χ2n) is 8.12. The largest absolute Gasteiger partial charge is 0.497 e. The Balaban J connectivity index is 1.67. The number of aryl methyl sites for hydroxylation is 1. The third-order valence-electron chi connectivity index (χ3n) is 5.41. The minimum Gasteiger partial charge on any atom is -0.497 e. The van der Waals surface area contributed by atoms with Crippen molar-refractivity contribution in [2.45, 2.75) is 39.7 Å². The van der Waals surface area contributed by atoms with Crippen molar-refractivity contribution in [2.24, 2.45) is 5.41 Å². The zero-order valence-corrected chi connectivity index (χ0v) is 16.7. The summed E-state index contributed by atoms with van der Waals surface area (Å²) in [6, 6.07) is 9.47. The predicted octanol–water partition coefficient (Wildman–Crippen LogP) is 4.23. The van der Waals surface area contributed by atoms with Gasteiger partial charge in [-0.3, -0.25) is 4.79 Å². The van der Waals surface area contributed by atoms with Crippen LogP contribution in [-0.4, -0.2) is 22.8 Å². The van der Waals surface area contributed by atoms with Crippen molar-refractivity contribution < 1.29 is 13.9 Å². The number of hydrogen-bond acceptors (Lipinski definition) is 4. The number of fused-ring (bicyclic) bond motifs is 1. The van der Waals surface area contributed by atoms with E-state index in [0.29, 0.717) is 11.3 Å². The lowest BCUT2D eigenvalue weighted by Crippen LogP contribution is -2.36. The molecule has 1 aliphatic carbocycles. The van der Waals surface area contributed by atoms with Crippen LogP contribution >= 0.6 is 0 Å². The normalized spacial score (nSPS) is 17.8. The number of rotatable bonds is 4. The zero-order chi connectivity index (χ0) is 19.9. The van der Waals surface area contributed by atoms with Gasteiger partial charge in [0.15, 0.2) is 0 Å². The van der Waals surface area contributed by atoms with E-state index in [-0.39, 0.29) is 17.4 Å². The Bertz CT molecular complexity index is 998. The fourth-order valence-electron chi connectivity index (χ4n) is 3.97. The van der Waals surface area contributed by atoms with E-state index in [9.17, 15) is 4.79 Å². The highest BCUT2D eigenvalue weighted by molar-refractivity contribution is 5.95. The van der Waals surface area contributed by atoms with Gasteiger partial charge in [0.2, 0.25) is 0 Å². The van der Waals surface area contributed by atoms with E-state index in [4.69, 9.17) is 9.15 Å². The van der Waals surface area contributed by atoms with E-state index in [2.05, 4.69) is 24.3 Å². The summed E-state index contributed by atoms with van der Waals surface area (Å²) >= 11 is 0. The van der Waals surface area contributed by atoms with Crippen LogP contribution in [0.5, 0.6) is 5.75 Å². The molecule has 0 saturated carbocycles. The zero-order valence-electron chi connectivity index (χ0n) is 16.7. The van der Waals surface area contributed by atoms with Crippen LogP contribution in [0.4, 0.5) is 0 Å². The van der Waals surface area contributed by atoms with Gasteiger partial charge in [-0.05, 0) is 55.5 Å². The quantitative estimate of drug-likeness (QED) is 0.737. The lowest BCUT2D eigenvalue weighted by molar-refractivity contribution is 0.0917. The maximum atomic E-state index is 12.8. The Morgan fingerprint density at radius 2 is 2.04 bits per heavy atom. The summed E-state index contributed by atoms with van der Waals surface area (Å²) in [5.41, 5.74) is 3.81. The molecule has 146 valence electrons. The van der Waals surface area contributed by atoms with E-state index in [0.717, 1.165) is 35.5 Å². The first-order valence-electron chi connectivity index (χ1n) is 9.44. The van der Waals surface area contributed by atoms with E-state index >= 15 is 0 Å². The summed E-state index contributed by atoms with van der Waals surface area (Å²) in [5.74, 6) is 1.32. The van der Waals surface area contributed by atoms with Gasteiger partial charge in [-0.25, -0.2) is 4.68 Å². The first-order valence-corrected chi connectivity index (χ1v) is 9.44. The van der Waals surface area contributed by atoms with Gasteiger partial charge in [-0.15, -0.1) is 0 Å². The van der Waals surface area contributed by atoms with Crippen molar-refractivity contribution >= 4 is 5.91 Å². The Hall–Kier alpha value is -3.02. The summed E-state index contributed by atoms with van der Waals surface area (Å²) < 4.78 is 12.5. The van der Waals surface area contributed by atoms with Crippen LogP contribution in [0.2, 0.25) is 0 Å². The summed E-state index contributed by atoms with van der Waals surface area (Å²) in [7, 11) is 1.66.